The lowest BCUT2D eigenvalue weighted by Gasteiger charge is -2.23. The molecule has 2 aromatic heterocycles. The fourth-order valence-electron chi connectivity index (χ4n) is 5.90. The summed E-state index contributed by atoms with van der Waals surface area (Å²) in [6.07, 6.45) is 7.11. The van der Waals surface area contributed by atoms with Gasteiger partial charge in [-0.25, -0.2) is 4.57 Å². The van der Waals surface area contributed by atoms with E-state index in [2.05, 4.69) is 105 Å². The number of furan rings is 1. The summed E-state index contributed by atoms with van der Waals surface area (Å²) in [5.41, 5.74) is 11.3. The summed E-state index contributed by atoms with van der Waals surface area (Å²) in [5, 5.41) is 3.89. The molecule has 0 fully saturated rings. The molecular formula is C32H34NOSi+. The minimum absolute atomic E-state index is 0.994. The van der Waals surface area contributed by atoms with Crippen LogP contribution in [0, 0.1) is 6.92 Å². The summed E-state index contributed by atoms with van der Waals surface area (Å²) >= 11 is 0. The van der Waals surface area contributed by atoms with Crippen molar-refractivity contribution in [2.24, 2.45) is 7.05 Å². The largest absolute Gasteiger partial charge is 0.455 e. The molecule has 0 amide bonds. The van der Waals surface area contributed by atoms with Gasteiger partial charge in [0.2, 0.25) is 5.69 Å². The van der Waals surface area contributed by atoms with Crippen LogP contribution in [0.4, 0.5) is 0 Å². The van der Waals surface area contributed by atoms with Gasteiger partial charge in [-0.1, -0.05) is 62.1 Å². The molecule has 2 heterocycles. The van der Waals surface area contributed by atoms with Gasteiger partial charge < -0.3 is 4.42 Å². The number of pyridine rings is 1. The number of fused-ring (bicyclic) bond motifs is 4. The molecule has 3 heteroatoms. The molecule has 35 heavy (non-hydrogen) atoms. The Morgan fingerprint density at radius 3 is 2.23 bits per heavy atom. The van der Waals surface area contributed by atoms with Crippen LogP contribution in [0.1, 0.15) is 29.5 Å². The Kier molecular flexibility index (Phi) is 5.23. The van der Waals surface area contributed by atoms with Crippen molar-refractivity contribution in [2.45, 2.75) is 52.2 Å². The maximum atomic E-state index is 6.95. The molecule has 0 saturated carbocycles. The van der Waals surface area contributed by atoms with Gasteiger partial charge in [0.05, 0.1) is 13.6 Å². The van der Waals surface area contributed by atoms with E-state index in [4.69, 9.17) is 4.42 Å². The minimum Gasteiger partial charge on any atom is -0.455 e. The van der Waals surface area contributed by atoms with Crippen LogP contribution < -0.4 is 9.75 Å². The van der Waals surface area contributed by atoms with E-state index >= 15 is 0 Å². The summed E-state index contributed by atoms with van der Waals surface area (Å²) in [7, 11) is 0.485. The van der Waals surface area contributed by atoms with Gasteiger partial charge in [0.1, 0.15) is 18.2 Å². The van der Waals surface area contributed by atoms with Crippen LogP contribution in [0.5, 0.6) is 0 Å². The molecule has 0 atom stereocenters. The summed E-state index contributed by atoms with van der Waals surface area (Å²) in [6, 6.07) is 22.7. The first-order chi connectivity index (χ1) is 16.8. The highest BCUT2D eigenvalue weighted by Gasteiger charge is 2.27. The molecule has 0 spiro atoms. The highest BCUT2D eigenvalue weighted by molar-refractivity contribution is 6.90. The number of hydrogen-bond donors (Lipinski definition) is 0. The van der Waals surface area contributed by atoms with Crippen LogP contribution in [0.25, 0.3) is 44.3 Å². The van der Waals surface area contributed by atoms with Gasteiger partial charge in [-0.3, -0.25) is 0 Å². The molecule has 176 valence electrons. The van der Waals surface area contributed by atoms with Gasteiger partial charge >= 0.3 is 0 Å². The standard InChI is InChI=1S/C32H34NOSi/c1-21-13-16-25-26-17-18-28(35(3,4)5)30(24-15-14-22-10-6-7-11-23(22)20-24)32(26)34-31(25)29(21)27-12-8-9-19-33(27)2/h8-9,12-20H,6-7,10-11H2,1-5H3/q+1. The van der Waals surface area contributed by atoms with Gasteiger partial charge in [0.15, 0.2) is 6.20 Å². The molecule has 0 saturated heterocycles. The van der Waals surface area contributed by atoms with Crippen LogP contribution in [-0.2, 0) is 19.9 Å². The van der Waals surface area contributed by atoms with E-state index in [0.717, 1.165) is 11.2 Å². The van der Waals surface area contributed by atoms with E-state index in [9.17, 15) is 0 Å². The van der Waals surface area contributed by atoms with Crippen molar-refractivity contribution in [1.29, 1.82) is 0 Å². The molecule has 0 N–H and O–H groups in total. The second-order valence-corrected chi connectivity index (χ2v) is 16.3. The van der Waals surface area contributed by atoms with E-state index in [-0.39, 0.29) is 0 Å². The zero-order chi connectivity index (χ0) is 24.3. The number of hydrogen-bond acceptors (Lipinski definition) is 1. The van der Waals surface area contributed by atoms with Crippen LogP contribution in [0.3, 0.4) is 0 Å². The second-order valence-electron chi connectivity index (χ2n) is 11.2. The van der Waals surface area contributed by atoms with E-state index in [0.29, 0.717) is 0 Å². The summed E-state index contributed by atoms with van der Waals surface area (Å²) in [5.74, 6) is 0. The smallest absolute Gasteiger partial charge is 0.216 e. The summed E-state index contributed by atoms with van der Waals surface area (Å²) in [4.78, 5) is 0. The molecule has 0 bridgehead atoms. The predicted molar refractivity (Wildman–Crippen MR) is 150 cm³/mol. The van der Waals surface area contributed by atoms with Crippen molar-refractivity contribution < 1.29 is 8.98 Å². The molecule has 3 aromatic carbocycles. The third kappa shape index (κ3) is 3.65. The lowest BCUT2D eigenvalue weighted by molar-refractivity contribution is -0.660. The predicted octanol–water partition coefficient (Wildman–Crippen LogP) is 7.48. The molecular weight excluding hydrogens is 442 g/mol. The van der Waals surface area contributed by atoms with E-state index in [1.807, 2.05) is 0 Å². The fraction of sp³-hybridized carbons (Fsp3) is 0.281. The van der Waals surface area contributed by atoms with Crippen molar-refractivity contribution in [2.75, 3.05) is 0 Å². The maximum absolute atomic E-state index is 6.95. The Bertz CT molecular complexity index is 1600. The monoisotopic (exact) mass is 476 g/mol. The quantitative estimate of drug-likeness (QED) is 0.195. The Morgan fingerprint density at radius 2 is 1.49 bits per heavy atom. The average Bonchev–Trinajstić information content (AvgIpc) is 3.22. The number of nitrogens with zero attached hydrogens (tertiary/aromatic N) is 1. The van der Waals surface area contributed by atoms with Gasteiger partial charge in [0.25, 0.3) is 0 Å². The Hall–Kier alpha value is -3.17. The number of aryl methyl sites for hydroxylation is 4. The van der Waals surface area contributed by atoms with Crippen molar-refractivity contribution in [3.8, 4) is 22.4 Å². The minimum atomic E-state index is -1.62. The molecule has 0 unspecified atom stereocenters. The molecule has 1 aliphatic rings. The van der Waals surface area contributed by atoms with E-state index in [1.54, 1.807) is 0 Å². The highest BCUT2D eigenvalue weighted by atomic mass is 28.3. The highest BCUT2D eigenvalue weighted by Crippen LogP contribution is 2.41. The SMILES string of the molecule is Cc1ccc2c(oc3c(-c4ccc5c(c4)CCCC5)c([Si](C)(C)C)ccc32)c1-c1cccc[n+]1C. The maximum Gasteiger partial charge on any atom is 0.216 e. The molecule has 1 aliphatic carbocycles. The molecule has 5 aromatic rings. The topological polar surface area (TPSA) is 17.0 Å². The first-order valence-corrected chi connectivity index (χ1v) is 16.4. The van der Waals surface area contributed by atoms with Crippen LogP contribution >= 0.6 is 0 Å². The summed E-state index contributed by atoms with van der Waals surface area (Å²) in [6.45, 7) is 9.52. The second kappa shape index (κ2) is 8.20. The first kappa shape index (κ1) is 22.3. The van der Waals surface area contributed by atoms with Crippen LogP contribution in [0.2, 0.25) is 19.6 Å². The third-order valence-corrected chi connectivity index (χ3v) is 9.81. The molecule has 0 radical (unpaired) electrons. The Balaban J connectivity index is 1.71. The lowest BCUT2D eigenvalue weighted by atomic mass is 9.89. The van der Waals surface area contributed by atoms with E-state index < -0.39 is 8.07 Å². The van der Waals surface area contributed by atoms with Crippen molar-refractivity contribution in [1.82, 2.24) is 0 Å². The van der Waals surface area contributed by atoms with Gasteiger partial charge in [-0.15, -0.1) is 0 Å². The van der Waals surface area contributed by atoms with Gasteiger partial charge in [0, 0.05) is 28.5 Å². The molecule has 2 nitrogen and oxygen atoms in total. The van der Waals surface area contributed by atoms with Crippen molar-refractivity contribution in [3.05, 3.63) is 83.6 Å². The molecule has 0 aliphatic heterocycles. The number of benzene rings is 3. The number of aromatic nitrogens is 1. The zero-order valence-electron chi connectivity index (χ0n) is 21.5. The van der Waals surface area contributed by atoms with Crippen molar-refractivity contribution in [3.63, 3.8) is 0 Å². The lowest BCUT2D eigenvalue weighted by Crippen LogP contribution is -2.39. The first-order valence-electron chi connectivity index (χ1n) is 12.9. The fourth-order valence-corrected chi connectivity index (χ4v) is 7.50. The van der Waals surface area contributed by atoms with E-state index in [1.165, 1.54) is 80.7 Å². The van der Waals surface area contributed by atoms with Crippen molar-refractivity contribution >= 4 is 35.2 Å². The molecule has 6 rings (SSSR count). The summed E-state index contributed by atoms with van der Waals surface area (Å²) < 4.78 is 9.14. The third-order valence-electron chi connectivity index (χ3n) is 7.77. The zero-order valence-corrected chi connectivity index (χ0v) is 22.5. The van der Waals surface area contributed by atoms with Crippen LogP contribution in [0.15, 0.2) is 71.3 Å². The van der Waals surface area contributed by atoms with Gasteiger partial charge in [-0.05, 0) is 66.1 Å². The normalized spacial score (nSPS) is 14.0. The Labute approximate surface area is 209 Å². The Morgan fingerprint density at radius 1 is 0.771 bits per heavy atom. The average molecular weight is 477 g/mol. The number of rotatable bonds is 3. The van der Waals surface area contributed by atoms with Crippen LogP contribution in [-0.4, -0.2) is 8.07 Å². The van der Waals surface area contributed by atoms with Gasteiger partial charge in [-0.2, -0.15) is 0 Å².